The summed E-state index contributed by atoms with van der Waals surface area (Å²) in [5.74, 6) is 1.15. The summed E-state index contributed by atoms with van der Waals surface area (Å²) in [5.41, 5.74) is 0.743. The smallest absolute Gasteiger partial charge is 0.223 e. The summed E-state index contributed by atoms with van der Waals surface area (Å²) in [7, 11) is 4.58. The van der Waals surface area contributed by atoms with Gasteiger partial charge in [0.2, 0.25) is 11.8 Å². The molecule has 0 saturated heterocycles. The van der Waals surface area contributed by atoms with Crippen molar-refractivity contribution in [2.45, 2.75) is 24.8 Å². The van der Waals surface area contributed by atoms with Crippen molar-refractivity contribution >= 4 is 0 Å². The first kappa shape index (κ1) is 15.2. The Morgan fingerprint density at radius 1 is 1.14 bits per heavy atom. The Bertz CT molecular complexity index is 555. The first-order valence-electron chi connectivity index (χ1n) is 6.73. The largest absolute Gasteiger partial charge is 0.493 e. The molecule has 0 bridgehead atoms. The van der Waals surface area contributed by atoms with Gasteiger partial charge in [-0.1, -0.05) is 18.2 Å². The van der Waals surface area contributed by atoms with E-state index >= 15 is 0 Å². The van der Waals surface area contributed by atoms with Crippen molar-refractivity contribution < 1.29 is 19.1 Å². The third-order valence-corrected chi connectivity index (χ3v) is 3.75. The number of allylic oxidation sites excluding steroid dienone is 1. The Morgan fingerprint density at radius 2 is 1.86 bits per heavy atom. The van der Waals surface area contributed by atoms with E-state index < -0.39 is 6.04 Å². The molecule has 2 unspecified atom stereocenters. The lowest BCUT2D eigenvalue weighted by Gasteiger charge is -2.24. The third kappa shape index (κ3) is 2.79. The molecule has 1 aliphatic carbocycles. The van der Waals surface area contributed by atoms with Crippen LogP contribution in [-0.2, 0) is 0 Å². The lowest BCUT2D eigenvalue weighted by Crippen LogP contribution is -2.28. The van der Waals surface area contributed by atoms with Gasteiger partial charge in [0.05, 0.1) is 27.2 Å². The number of rotatable bonds is 5. The SMILES string of the molecule is COc1ccc(C2C=CCCC2[N+](=O)[O-])c(OC)c1OC. The number of methoxy groups -OCH3 is 3. The maximum Gasteiger partial charge on any atom is 0.223 e. The number of nitro groups is 1. The number of nitrogens with zero attached hydrogens (tertiary/aromatic N) is 1. The third-order valence-electron chi connectivity index (χ3n) is 3.75. The Kier molecular flexibility index (Phi) is 4.67. The molecule has 6 nitrogen and oxygen atoms in total. The maximum absolute atomic E-state index is 11.3. The van der Waals surface area contributed by atoms with Gasteiger partial charge in [-0.25, -0.2) is 0 Å². The van der Waals surface area contributed by atoms with E-state index in [9.17, 15) is 10.1 Å². The molecule has 0 aliphatic heterocycles. The van der Waals surface area contributed by atoms with Gasteiger partial charge in [0, 0.05) is 16.9 Å². The van der Waals surface area contributed by atoms with Crippen LogP contribution >= 0.6 is 0 Å². The molecular formula is C15H19NO5. The second-order valence-corrected chi connectivity index (χ2v) is 4.81. The second-order valence-electron chi connectivity index (χ2n) is 4.81. The lowest BCUT2D eigenvalue weighted by atomic mass is 9.84. The molecule has 0 N–H and O–H groups in total. The van der Waals surface area contributed by atoms with E-state index in [2.05, 4.69) is 0 Å². The number of ether oxygens (including phenoxy) is 3. The van der Waals surface area contributed by atoms with Gasteiger partial charge >= 0.3 is 0 Å². The summed E-state index contributed by atoms with van der Waals surface area (Å²) >= 11 is 0. The van der Waals surface area contributed by atoms with Crippen molar-refractivity contribution in [1.29, 1.82) is 0 Å². The van der Waals surface area contributed by atoms with Crippen LogP contribution in [0.3, 0.4) is 0 Å². The zero-order valence-corrected chi connectivity index (χ0v) is 12.4. The van der Waals surface area contributed by atoms with E-state index in [-0.39, 0.29) is 10.8 Å². The Balaban J connectivity index is 2.54. The van der Waals surface area contributed by atoms with Crippen LogP contribution in [0.25, 0.3) is 0 Å². The van der Waals surface area contributed by atoms with Crippen molar-refractivity contribution in [3.63, 3.8) is 0 Å². The molecule has 0 saturated carbocycles. The predicted molar refractivity (Wildman–Crippen MR) is 78.0 cm³/mol. The molecule has 2 atom stereocenters. The summed E-state index contributed by atoms with van der Waals surface area (Å²) < 4.78 is 16.0. The van der Waals surface area contributed by atoms with Gasteiger partial charge in [-0.15, -0.1) is 0 Å². The summed E-state index contributed by atoms with van der Waals surface area (Å²) in [6.07, 6.45) is 5.09. The molecule has 0 spiro atoms. The monoisotopic (exact) mass is 293 g/mol. The minimum absolute atomic E-state index is 0.218. The molecule has 0 fully saturated rings. The summed E-state index contributed by atoms with van der Waals surface area (Å²) in [6, 6.07) is 2.90. The van der Waals surface area contributed by atoms with E-state index in [4.69, 9.17) is 14.2 Å². The Hall–Kier alpha value is -2.24. The van der Waals surface area contributed by atoms with E-state index in [1.54, 1.807) is 12.1 Å². The highest BCUT2D eigenvalue weighted by molar-refractivity contribution is 5.57. The quantitative estimate of drug-likeness (QED) is 0.474. The van der Waals surface area contributed by atoms with Crippen molar-refractivity contribution in [2.24, 2.45) is 0 Å². The van der Waals surface area contributed by atoms with Crippen LogP contribution in [0.5, 0.6) is 17.2 Å². The average molecular weight is 293 g/mol. The molecule has 0 amide bonds. The number of hydrogen-bond donors (Lipinski definition) is 0. The zero-order valence-electron chi connectivity index (χ0n) is 12.4. The van der Waals surface area contributed by atoms with Crippen molar-refractivity contribution in [2.75, 3.05) is 21.3 Å². The van der Waals surface area contributed by atoms with Gasteiger partial charge < -0.3 is 14.2 Å². The summed E-state index contributed by atoms with van der Waals surface area (Å²) in [6.45, 7) is 0. The van der Waals surface area contributed by atoms with Crippen LogP contribution in [0.1, 0.15) is 24.3 Å². The van der Waals surface area contributed by atoms with Gasteiger partial charge in [0.15, 0.2) is 11.5 Å². The molecule has 0 heterocycles. The Labute approximate surface area is 123 Å². The molecule has 2 rings (SSSR count). The minimum Gasteiger partial charge on any atom is -0.493 e. The van der Waals surface area contributed by atoms with Gasteiger partial charge in [0.25, 0.3) is 0 Å². The fourth-order valence-electron chi connectivity index (χ4n) is 2.75. The standard InChI is InChI=1S/C15H19NO5/c1-19-13-9-8-11(14(20-2)15(13)21-3)10-6-4-5-7-12(10)16(17)18/h4,6,8-10,12H,5,7H2,1-3H3. The van der Waals surface area contributed by atoms with Crippen LogP contribution in [0.15, 0.2) is 24.3 Å². The molecule has 1 aliphatic rings. The van der Waals surface area contributed by atoms with Crippen molar-refractivity contribution in [1.82, 2.24) is 0 Å². The molecule has 6 heteroatoms. The predicted octanol–water partition coefficient (Wildman–Crippen LogP) is 2.79. The van der Waals surface area contributed by atoms with E-state index in [1.165, 1.54) is 21.3 Å². The first-order chi connectivity index (χ1) is 10.1. The van der Waals surface area contributed by atoms with Gasteiger partial charge in [0.1, 0.15) is 0 Å². The molecule has 1 aromatic carbocycles. The normalized spacial score (nSPS) is 20.9. The molecule has 0 radical (unpaired) electrons. The number of hydrogen-bond acceptors (Lipinski definition) is 5. The minimum atomic E-state index is -0.651. The van der Waals surface area contributed by atoms with Crippen molar-refractivity contribution in [3.05, 3.63) is 40.0 Å². The highest BCUT2D eigenvalue weighted by Crippen LogP contribution is 2.45. The van der Waals surface area contributed by atoms with Crippen LogP contribution in [0, 0.1) is 10.1 Å². The molecule has 0 aromatic heterocycles. The van der Waals surface area contributed by atoms with Crippen LogP contribution in [-0.4, -0.2) is 32.3 Å². The van der Waals surface area contributed by atoms with Gasteiger partial charge in [-0.05, 0) is 12.5 Å². The summed E-state index contributed by atoms with van der Waals surface area (Å²) in [5, 5.41) is 11.3. The summed E-state index contributed by atoms with van der Waals surface area (Å²) in [4.78, 5) is 11.1. The second kappa shape index (κ2) is 6.47. The zero-order chi connectivity index (χ0) is 15.4. The Morgan fingerprint density at radius 3 is 2.43 bits per heavy atom. The van der Waals surface area contributed by atoms with Crippen molar-refractivity contribution in [3.8, 4) is 17.2 Å². The van der Waals surface area contributed by atoms with Crippen LogP contribution in [0.2, 0.25) is 0 Å². The van der Waals surface area contributed by atoms with Gasteiger partial charge in [-0.2, -0.15) is 0 Å². The first-order valence-corrected chi connectivity index (χ1v) is 6.73. The van der Waals surface area contributed by atoms with Gasteiger partial charge in [-0.3, -0.25) is 10.1 Å². The number of benzene rings is 1. The topological polar surface area (TPSA) is 70.8 Å². The highest BCUT2D eigenvalue weighted by atomic mass is 16.6. The maximum atomic E-state index is 11.3. The molecule has 1 aromatic rings. The molecular weight excluding hydrogens is 274 g/mol. The van der Waals surface area contributed by atoms with Crippen LogP contribution < -0.4 is 14.2 Å². The lowest BCUT2D eigenvalue weighted by molar-refractivity contribution is -0.526. The van der Waals surface area contributed by atoms with E-state index in [0.29, 0.717) is 23.7 Å². The van der Waals surface area contributed by atoms with E-state index in [0.717, 1.165) is 12.0 Å². The molecule has 114 valence electrons. The molecule has 21 heavy (non-hydrogen) atoms. The van der Waals surface area contributed by atoms with E-state index in [1.807, 2.05) is 12.2 Å². The van der Waals surface area contributed by atoms with Crippen LogP contribution in [0.4, 0.5) is 0 Å². The average Bonchev–Trinajstić information content (AvgIpc) is 2.53. The fourth-order valence-corrected chi connectivity index (χ4v) is 2.75. The fraction of sp³-hybridized carbons (Fsp3) is 0.467. The highest BCUT2D eigenvalue weighted by Gasteiger charge is 2.35.